The normalized spacial score (nSPS) is 22.1. The van der Waals surface area contributed by atoms with Crippen molar-refractivity contribution >= 4 is 5.71 Å². The van der Waals surface area contributed by atoms with Crippen molar-refractivity contribution in [1.29, 1.82) is 0 Å². The van der Waals surface area contributed by atoms with Crippen molar-refractivity contribution < 1.29 is 0 Å². The van der Waals surface area contributed by atoms with E-state index < -0.39 is 0 Å². The molecule has 0 spiro atoms. The van der Waals surface area contributed by atoms with Crippen LogP contribution < -0.4 is 0 Å². The lowest BCUT2D eigenvalue weighted by Gasteiger charge is -2.24. The van der Waals surface area contributed by atoms with Crippen LogP contribution in [0.5, 0.6) is 0 Å². The van der Waals surface area contributed by atoms with E-state index in [0.717, 1.165) is 13.0 Å². The number of rotatable bonds is 3. The number of aryl methyl sites for hydroxylation is 1. The van der Waals surface area contributed by atoms with Crippen LogP contribution in [0, 0.1) is 0 Å². The van der Waals surface area contributed by atoms with Crippen molar-refractivity contribution in [1.82, 2.24) is 0 Å². The van der Waals surface area contributed by atoms with Crippen molar-refractivity contribution in [2.24, 2.45) is 4.99 Å². The van der Waals surface area contributed by atoms with Crippen molar-refractivity contribution in [3.05, 3.63) is 35.4 Å². The minimum atomic E-state index is 0.529. The first-order chi connectivity index (χ1) is 7.83. The van der Waals surface area contributed by atoms with Crippen LogP contribution in [-0.4, -0.2) is 12.3 Å². The molecule has 2 rings (SSSR count). The maximum absolute atomic E-state index is 4.77. The molecule has 0 fully saturated rings. The molecule has 1 aromatic rings. The van der Waals surface area contributed by atoms with E-state index in [0.29, 0.717) is 5.92 Å². The maximum atomic E-state index is 4.77. The summed E-state index contributed by atoms with van der Waals surface area (Å²) in [7, 11) is 0. The van der Waals surface area contributed by atoms with Crippen LogP contribution in [-0.2, 0) is 6.42 Å². The predicted octanol–water partition coefficient (Wildman–Crippen LogP) is 3.98. The van der Waals surface area contributed by atoms with Crippen LogP contribution >= 0.6 is 0 Å². The highest BCUT2D eigenvalue weighted by Gasteiger charge is 2.20. The largest absolute Gasteiger partial charge is 0.293 e. The third-order valence-corrected chi connectivity index (χ3v) is 3.50. The van der Waals surface area contributed by atoms with E-state index in [2.05, 4.69) is 38.1 Å². The van der Waals surface area contributed by atoms with Gasteiger partial charge in [0.1, 0.15) is 0 Å². The summed E-state index contributed by atoms with van der Waals surface area (Å²) in [5, 5.41) is 0. The van der Waals surface area contributed by atoms with Gasteiger partial charge in [0.2, 0.25) is 0 Å². The molecule has 0 saturated carbocycles. The fraction of sp³-hybridized carbons (Fsp3) is 0.533. The first kappa shape index (κ1) is 11.4. The Hall–Kier alpha value is -1.11. The van der Waals surface area contributed by atoms with Gasteiger partial charge < -0.3 is 0 Å². The Bertz CT molecular complexity index is 379. The summed E-state index contributed by atoms with van der Waals surface area (Å²) >= 11 is 0. The molecule has 0 aliphatic heterocycles. The van der Waals surface area contributed by atoms with Crippen LogP contribution in [0.2, 0.25) is 0 Å². The van der Waals surface area contributed by atoms with Crippen LogP contribution in [0.3, 0.4) is 0 Å². The fourth-order valence-electron chi connectivity index (χ4n) is 2.44. The molecule has 1 aromatic carbocycles. The van der Waals surface area contributed by atoms with E-state index in [1.165, 1.54) is 36.1 Å². The zero-order valence-corrected chi connectivity index (χ0v) is 10.4. The molecule has 86 valence electrons. The molecule has 0 heterocycles. The van der Waals surface area contributed by atoms with Gasteiger partial charge in [-0.15, -0.1) is 0 Å². The number of nitrogens with zero attached hydrogens (tertiary/aromatic N) is 1. The summed E-state index contributed by atoms with van der Waals surface area (Å²) in [5.41, 5.74) is 4.42. The smallest absolute Gasteiger partial charge is 0.0388 e. The van der Waals surface area contributed by atoms with Crippen LogP contribution in [0.1, 0.15) is 50.2 Å². The number of hydrogen-bond acceptors (Lipinski definition) is 1. The molecular formula is C15H21N. The van der Waals surface area contributed by atoms with Gasteiger partial charge >= 0.3 is 0 Å². The second kappa shape index (κ2) is 5.29. The standard InChI is InChI=1S/C15H21N/c1-3-4-11-16-15-10-9-13-7-5-6-8-14(13)12(15)2/h5-8,12H,3-4,9-11H2,1-2H3. The number of aliphatic imine (C=N–C) groups is 1. The van der Waals surface area contributed by atoms with E-state index in [1.54, 1.807) is 0 Å². The molecule has 1 aliphatic carbocycles. The molecule has 1 nitrogen and oxygen atoms in total. The zero-order chi connectivity index (χ0) is 11.4. The van der Waals surface area contributed by atoms with Gasteiger partial charge in [-0.05, 0) is 30.4 Å². The number of fused-ring (bicyclic) bond motifs is 1. The van der Waals surface area contributed by atoms with E-state index in [-0.39, 0.29) is 0 Å². The van der Waals surface area contributed by atoms with Gasteiger partial charge in [0.25, 0.3) is 0 Å². The highest BCUT2D eigenvalue weighted by molar-refractivity contribution is 5.92. The third kappa shape index (κ3) is 2.34. The quantitative estimate of drug-likeness (QED) is 0.676. The topological polar surface area (TPSA) is 12.4 Å². The molecule has 16 heavy (non-hydrogen) atoms. The lowest BCUT2D eigenvalue weighted by atomic mass is 9.82. The fourth-order valence-corrected chi connectivity index (χ4v) is 2.44. The summed E-state index contributed by atoms with van der Waals surface area (Å²) in [4.78, 5) is 4.77. The van der Waals surface area contributed by atoms with Crippen LogP contribution in [0.4, 0.5) is 0 Å². The summed E-state index contributed by atoms with van der Waals surface area (Å²) in [6, 6.07) is 8.80. The average molecular weight is 215 g/mol. The van der Waals surface area contributed by atoms with Crippen molar-refractivity contribution in [2.75, 3.05) is 6.54 Å². The highest BCUT2D eigenvalue weighted by atomic mass is 14.7. The Kier molecular flexibility index (Phi) is 3.76. The molecule has 0 amide bonds. The first-order valence-electron chi connectivity index (χ1n) is 6.44. The zero-order valence-electron chi connectivity index (χ0n) is 10.4. The van der Waals surface area contributed by atoms with E-state index >= 15 is 0 Å². The highest BCUT2D eigenvalue weighted by Crippen LogP contribution is 2.29. The summed E-state index contributed by atoms with van der Waals surface area (Å²) in [6.07, 6.45) is 4.78. The minimum Gasteiger partial charge on any atom is -0.293 e. The lowest BCUT2D eigenvalue weighted by Crippen LogP contribution is -2.18. The SMILES string of the molecule is CCCCN=C1CCc2ccccc2C1C. The van der Waals surface area contributed by atoms with Gasteiger partial charge in [0, 0.05) is 18.2 Å². The Morgan fingerprint density at radius 3 is 2.88 bits per heavy atom. The molecular weight excluding hydrogens is 194 g/mol. The molecule has 0 radical (unpaired) electrons. The molecule has 1 unspecified atom stereocenters. The molecule has 1 heteroatoms. The third-order valence-electron chi connectivity index (χ3n) is 3.50. The second-order valence-electron chi connectivity index (χ2n) is 4.65. The second-order valence-corrected chi connectivity index (χ2v) is 4.65. The molecule has 0 N–H and O–H groups in total. The molecule has 1 atom stereocenters. The number of hydrogen-bond donors (Lipinski definition) is 0. The summed E-state index contributed by atoms with van der Waals surface area (Å²) < 4.78 is 0. The number of benzene rings is 1. The Morgan fingerprint density at radius 1 is 1.25 bits per heavy atom. The predicted molar refractivity (Wildman–Crippen MR) is 70.4 cm³/mol. The molecule has 0 saturated heterocycles. The lowest BCUT2D eigenvalue weighted by molar-refractivity contribution is 0.782. The van der Waals surface area contributed by atoms with Crippen LogP contribution in [0.25, 0.3) is 0 Å². The van der Waals surface area contributed by atoms with E-state index in [4.69, 9.17) is 4.99 Å². The van der Waals surface area contributed by atoms with E-state index in [9.17, 15) is 0 Å². The average Bonchev–Trinajstić information content (AvgIpc) is 2.33. The molecule has 1 aliphatic rings. The Labute approximate surface area is 98.6 Å². The Balaban J connectivity index is 2.14. The van der Waals surface area contributed by atoms with Gasteiger partial charge in [0.05, 0.1) is 0 Å². The van der Waals surface area contributed by atoms with Gasteiger partial charge in [-0.3, -0.25) is 4.99 Å². The van der Waals surface area contributed by atoms with Crippen molar-refractivity contribution in [2.45, 2.75) is 45.4 Å². The van der Waals surface area contributed by atoms with Gasteiger partial charge in [0.15, 0.2) is 0 Å². The monoisotopic (exact) mass is 215 g/mol. The minimum absolute atomic E-state index is 0.529. The summed E-state index contributed by atoms with van der Waals surface area (Å²) in [5.74, 6) is 0.529. The molecule has 0 aromatic heterocycles. The van der Waals surface area contributed by atoms with Gasteiger partial charge in [-0.1, -0.05) is 44.5 Å². The van der Waals surface area contributed by atoms with Gasteiger partial charge in [-0.25, -0.2) is 0 Å². The number of unbranched alkanes of at least 4 members (excludes halogenated alkanes) is 1. The first-order valence-corrected chi connectivity index (χ1v) is 6.44. The molecule has 0 bridgehead atoms. The maximum Gasteiger partial charge on any atom is 0.0388 e. The van der Waals surface area contributed by atoms with Gasteiger partial charge in [-0.2, -0.15) is 0 Å². The van der Waals surface area contributed by atoms with Crippen LogP contribution in [0.15, 0.2) is 29.3 Å². The Morgan fingerprint density at radius 2 is 2.06 bits per heavy atom. The van der Waals surface area contributed by atoms with Crippen molar-refractivity contribution in [3.63, 3.8) is 0 Å². The van der Waals surface area contributed by atoms with Crippen molar-refractivity contribution in [3.8, 4) is 0 Å². The van der Waals surface area contributed by atoms with E-state index in [1.807, 2.05) is 0 Å². The summed E-state index contributed by atoms with van der Waals surface area (Å²) in [6.45, 7) is 5.53.